The van der Waals surface area contributed by atoms with E-state index in [0.29, 0.717) is 22.4 Å². The van der Waals surface area contributed by atoms with E-state index in [-0.39, 0.29) is 11.1 Å². The number of pyridine rings is 1. The van der Waals surface area contributed by atoms with E-state index in [4.69, 9.17) is 16.3 Å². The number of hydrogen-bond acceptors (Lipinski definition) is 4. The van der Waals surface area contributed by atoms with E-state index in [9.17, 15) is 9.59 Å². The number of nitrogens with one attached hydrogen (secondary N) is 1. The second kappa shape index (κ2) is 6.37. The summed E-state index contributed by atoms with van der Waals surface area (Å²) in [7, 11) is 1.31. The Morgan fingerprint density at radius 1 is 1.29 bits per heavy atom. The third-order valence-electron chi connectivity index (χ3n) is 2.98. The summed E-state index contributed by atoms with van der Waals surface area (Å²) < 4.78 is 4.70. The summed E-state index contributed by atoms with van der Waals surface area (Å²) >= 11 is 5.76. The largest absolute Gasteiger partial charge is 0.465 e. The lowest BCUT2D eigenvalue weighted by atomic mass is 10.1. The van der Waals surface area contributed by atoms with E-state index in [2.05, 4.69) is 10.3 Å². The Morgan fingerprint density at radius 3 is 2.71 bits per heavy atom. The zero-order valence-corrected chi connectivity index (χ0v) is 12.3. The SMILES string of the molecule is COC(=O)c1cccc(NC(=O)c2ccnc(Cl)c2)c1C. The Hall–Kier alpha value is -2.40. The fourth-order valence-electron chi connectivity index (χ4n) is 1.84. The first-order chi connectivity index (χ1) is 10.0. The Balaban J connectivity index is 2.28. The number of aromatic nitrogens is 1. The monoisotopic (exact) mass is 304 g/mol. The average Bonchev–Trinajstić information content (AvgIpc) is 2.48. The molecule has 2 rings (SSSR count). The standard InChI is InChI=1S/C15H13ClN2O3/c1-9-11(15(20)21-2)4-3-5-12(9)18-14(19)10-6-7-17-13(16)8-10/h3-8H,1-2H3,(H,18,19). The molecule has 0 aliphatic heterocycles. The van der Waals surface area contributed by atoms with E-state index >= 15 is 0 Å². The first kappa shape index (κ1) is 15.0. The molecule has 2 aromatic rings. The highest BCUT2D eigenvalue weighted by molar-refractivity contribution is 6.29. The number of halogens is 1. The van der Waals surface area contributed by atoms with Gasteiger partial charge in [-0.3, -0.25) is 4.79 Å². The molecule has 1 aromatic heterocycles. The van der Waals surface area contributed by atoms with Crippen molar-refractivity contribution in [1.82, 2.24) is 4.98 Å². The molecule has 0 radical (unpaired) electrons. The van der Waals surface area contributed by atoms with Crippen molar-refractivity contribution < 1.29 is 14.3 Å². The van der Waals surface area contributed by atoms with Gasteiger partial charge in [-0.05, 0) is 36.8 Å². The summed E-state index contributed by atoms with van der Waals surface area (Å²) in [6, 6.07) is 8.05. The highest BCUT2D eigenvalue weighted by atomic mass is 35.5. The molecule has 0 atom stereocenters. The van der Waals surface area contributed by atoms with Gasteiger partial charge in [0.2, 0.25) is 0 Å². The van der Waals surface area contributed by atoms with Gasteiger partial charge in [0.15, 0.2) is 0 Å². The molecule has 0 saturated carbocycles. The number of esters is 1. The first-order valence-electron chi connectivity index (χ1n) is 6.13. The number of carbonyl (C=O) groups is 2. The number of carbonyl (C=O) groups excluding carboxylic acids is 2. The summed E-state index contributed by atoms with van der Waals surface area (Å²) in [4.78, 5) is 27.6. The van der Waals surface area contributed by atoms with Gasteiger partial charge in [-0.2, -0.15) is 0 Å². The Labute approximate surface area is 126 Å². The average molecular weight is 305 g/mol. The predicted molar refractivity (Wildman–Crippen MR) is 79.7 cm³/mol. The van der Waals surface area contributed by atoms with Crippen LogP contribution < -0.4 is 5.32 Å². The van der Waals surface area contributed by atoms with Crippen LogP contribution in [-0.2, 0) is 4.74 Å². The molecule has 0 unspecified atom stereocenters. The number of anilines is 1. The zero-order valence-electron chi connectivity index (χ0n) is 11.5. The molecule has 108 valence electrons. The minimum absolute atomic E-state index is 0.239. The van der Waals surface area contributed by atoms with Gasteiger partial charge in [0.25, 0.3) is 5.91 Å². The van der Waals surface area contributed by atoms with E-state index in [1.54, 1.807) is 31.2 Å². The second-order valence-electron chi connectivity index (χ2n) is 4.29. The maximum atomic E-state index is 12.2. The quantitative estimate of drug-likeness (QED) is 0.699. The molecule has 0 bridgehead atoms. The number of hydrogen-bond donors (Lipinski definition) is 1. The highest BCUT2D eigenvalue weighted by Crippen LogP contribution is 2.20. The molecule has 0 spiro atoms. The van der Waals surface area contributed by atoms with Crippen molar-refractivity contribution in [2.75, 3.05) is 12.4 Å². The lowest BCUT2D eigenvalue weighted by molar-refractivity contribution is 0.0599. The van der Waals surface area contributed by atoms with Crippen LogP contribution in [0.4, 0.5) is 5.69 Å². The van der Waals surface area contributed by atoms with Crippen LogP contribution in [0, 0.1) is 6.92 Å². The topological polar surface area (TPSA) is 68.3 Å². The van der Waals surface area contributed by atoms with E-state index in [1.165, 1.54) is 19.4 Å². The third-order valence-corrected chi connectivity index (χ3v) is 3.18. The highest BCUT2D eigenvalue weighted by Gasteiger charge is 2.14. The second-order valence-corrected chi connectivity index (χ2v) is 4.68. The molecule has 6 heteroatoms. The van der Waals surface area contributed by atoms with Crippen LogP contribution in [0.2, 0.25) is 5.15 Å². The normalized spacial score (nSPS) is 10.0. The van der Waals surface area contributed by atoms with Crippen LogP contribution in [0.25, 0.3) is 0 Å². The molecular formula is C15H13ClN2O3. The van der Waals surface area contributed by atoms with Gasteiger partial charge in [0.1, 0.15) is 5.15 Å². The van der Waals surface area contributed by atoms with Gasteiger partial charge in [0.05, 0.1) is 12.7 Å². The van der Waals surface area contributed by atoms with Crippen molar-refractivity contribution in [3.05, 3.63) is 58.4 Å². The van der Waals surface area contributed by atoms with Gasteiger partial charge >= 0.3 is 5.97 Å². The van der Waals surface area contributed by atoms with Gasteiger partial charge in [-0.25, -0.2) is 9.78 Å². The zero-order chi connectivity index (χ0) is 15.4. The number of benzene rings is 1. The van der Waals surface area contributed by atoms with Crippen LogP contribution in [0.5, 0.6) is 0 Å². The smallest absolute Gasteiger partial charge is 0.338 e. The van der Waals surface area contributed by atoms with Crippen molar-refractivity contribution >= 4 is 29.2 Å². The van der Waals surface area contributed by atoms with Gasteiger partial charge in [-0.15, -0.1) is 0 Å². The number of amides is 1. The summed E-state index contributed by atoms with van der Waals surface area (Å²) in [6.45, 7) is 1.74. The molecule has 0 fully saturated rings. The number of methoxy groups -OCH3 is 1. The summed E-state index contributed by atoms with van der Waals surface area (Å²) in [5.41, 5.74) is 1.97. The summed E-state index contributed by atoms with van der Waals surface area (Å²) in [5, 5.41) is 2.98. The van der Waals surface area contributed by atoms with Gasteiger partial charge in [-0.1, -0.05) is 17.7 Å². The molecule has 1 heterocycles. The first-order valence-corrected chi connectivity index (χ1v) is 6.51. The number of ether oxygens (including phenoxy) is 1. The number of nitrogens with zero attached hydrogens (tertiary/aromatic N) is 1. The molecule has 5 nitrogen and oxygen atoms in total. The van der Waals surface area contributed by atoms with E-state index < -0.39 is 5.97 Å². The molecule has 21 heavy (non-hydrogen) atoms. The molecule has 0 aliphatic carbocycles. The molecule has 1 aromatic carbocycles. The van der Waals surface area contributed by atoms with Crippen molar-refractivity contribution in [2.45, 2.75) is 6.92 Å². The summed E-state index contributed by atoms with van der Waals surface area (Å²) in [6.07, 6.45) is 1.45. The maximum absolute atomic E-state index is 12.2. The predicted octanol–water partition coefficient (Wildman–Crippen LogP) is 3.08. The Morgan fingerprint density at radius 2 is 2.05 bits per heavy atom. The molecule has 1 amide bonds. The summed E-state index contributed by atoms with van der Waals surface area (Å²) in [5.74, 6) is -0.778. The third kappa shape index (κ3) is 3.38. The Bertz CT molecular complexity index is 701. The van der Waals surface area contributed by atoms with Gasteiger partial charge < -0.3 is 10.1 Å². The fraction of sp³-hybridized carbons (Fsp3) is 0.133. The van der Waals surface area contributed by atoms with Crippen molar-refractivity contribution in [2.24, 2.45) is 0 Å². The molecular weight excluding hydrogens is 292 g/mol. The fourth-order valence-corrected chi connectivity index (χ4v) is 2.01. The number of rotatable bonds is 3. The van der Waals surface area contributed by atoms with Crippen molar-refractivity contribution in [3.63, 3.8) is 0 Å². The Kier molecular flexibility index (Phi) is 4.55. The van der Waals surface area contributed by atoms with Crippen LogP contribution in [-0.4, -0.2) is 24.0 Å². The molecule has 0 saturated heterocycles. The van der Waals surface area contributed by atoms with Crippen molar-refractivity contribution in [3.8, 4) is 0 Å². The van der Waals surface area contributed by atoms with E-state index in [1.807, 2.05) is 0 Å². The van der Waals surface area contributed by atoms with E-state index in [0.717, 1.165) is 0 Å². The maximum Gasteiger partial charge on any atom is 0.338 e. The van der Waals surface area contributed by atoms with Crippen LogP contribution >= 0.6 is 11.6 Å². The van der Waals surface area contributed by atoms with Gasteiger partial charge in [0, 0.05) is 17.4 Å². The lowest BCUT2D eigenvalue weighted by Crippen LogP contribution is -2.14. The molecule has 1 N–H and O–H groups in total. The van der Waals surface area contributed by atoms with Crippen LogP contribution in [0.15, 0.2) is 36.5 Å². The van der Waals surface area contributed by atoms with Crippen LogP contribution in [0.3, 0.4) is 0 Å². The van der Waals surface area contributed by atoms with Crippen molar-refractivity contribution in [1.29, 1.82) is 0 Å². The lowest BCUT2D eigenvalue weighted by Gasteiger charge is -2.11. The minimum atomic E-state index is -0.449. The van der Waals surface area contributed by atoms with Crippen LogP contribution in [0.1, 0.15) is 26.3 Å². The molecule has 0 aliphatic rings. The minimum Gasteiger partial charge on any atom is -0.465 e.